The van der Waals surface area contributed by atoms with E-state index < -0.39 is 0 Å². The van der Waals surface area contributed by atoms with Crippen LogP contribution >= 0.6 is 0 Å². The minimum atomic E-state index is 0.0351. The van der Waals surface area contributed by atoms with Crippen LogP contribution in [-0.4, -0.2) is 5.91 Å². The molecule has 2 aromatic carbocycles. The molecule has 0 radical (unpaired) electrons. The van der Waals surface area contributed by atoms with Gasteiger partial charge in [-0.2, -0.15) is 0 Å². The first kappa shape index (κ1) is 19.5. The number of anilines is 2. The highest BCUT2D eigenvalue weighted by molar-refractivity contribution is 6.15. The molecule has 1 aliphatic heterocycles. The normalized spacial score (nSPS) is 19.3. The van der Waals surface area contributed by atoms with Crippen molar-refractivity contribution < 1.29 is 4.79 Å². The minimum Gasteiger partial charge on any atom is -0.351 e. The number of nitrogens with one attached hydrogen (secondary N) is 1. The second-order valence-corrected chi connectivity index (χ2v) is 9.42. The van der Waals surface area contributed by atoms with E-state index in [-0.39, 0.29) is 11.3 Å². The Morgan fingerprint density at radius 2 is 1.69 bits per heavy atom. The summed E-state index contributed by atoms with van der Waals surface area (Å²) in [5.74, 6) is 0.550. The van der Waals surface area contributed by atoms with Crippen molar-refractivity contribution in [3.05, 3.63) is 82.7 Å². The van der Waals surface area contributed by atoms with Gasteiger partial charge in [0.25, 0.3) is 5.91 Å². The Labute approximate surface area is 174 Å². The van der Waals surface area contributed by atoms with E-state index in [1.807, 2.05) is 29.2 Å². The number of rotatable bonds is 3. The second-order valence-electron chi connectivity index (χ2n) is 9.42. The van der Waals surface area contributed by atoms with Crippen LogP contribution in [0.25, 0.3) is 0 Å². The smallest absolute Gasteiger partial charge is 0.279 e. The molecule has 0 aromatic heterocycles. The number of aryl methyl sites for hydroxylation is 2. The first-order valence-corrected chi connectivity index (χ1v) is 10.4. The maximum atomic E-state index is 13.6. The molecule has 1 amide bonds. The molecule has 1 atom stereocenters. The summed E-state index contributed by atoms with van der Waals surface area (Å²) in [5, 5.41) is 3.46. The third kappa shape index (κ3) is 3.74. The fourth-order valence-corrected chi connectivity index (χ4v) is 4.30. The Kier molecular flexibility index (Phi) is 4.85. The summed E-state index contributed by atoms with van der Waals surface area (Å²) >= 11 is 0. The molecule has 1 heterocycles. The van der Waals surface area contributed by atoms with E-state index in [9.17, 15) is 4.79 Å². The highest BCUT2D eigenvalue weighted by Gasteiger charge is 2.41. The highest BCUT2D eigenvalue weighted by atomic mass is 16.2. The van der Waals surface area contributed by atoms with Crippen molar-refractivity contribution in [3.8, 4) is 0 Å². The van der Waals surface area contributed by atoms with Crippen molar-refractivity contribution in [1.82, 2.24) is 0 Å². The first-order chi connectivity index (χ1) is 13.7. The van der Waals surface area contributed by atoms with Gasteiger partial charge in [0.1, 0.15) is 5.70 Å². The second kappa shape index (κ2) is 7.22. The number of nitrogens with zero attached hydrogens (tertiary/aromatic N) is 1. The van der Waals surface area contributed by atoms with Crippen LogP contribution < -0.4 is 10.2 Å². The van der Waals surface area contributed by atoms with Gasteiger partial charge in [-0.3, -0.25) is 9.69 Å². The topological polar surface area (TPSA) is 32.3 Å². The number of allylic oxidation sites excluding steroid dienone is 2. The number of hydrogen-bond donors (Lipinski definition) is 1. The lowest BCUT2D eigenvalue weighted by atomic mass is 9.72. The van der Waals surface area contributed by atoms with Crippen molar-refractivity contribution in [3.63, 3.8) is 0 Å². The summed E-state index contributed by atoms with van der Waals surface area (Å²) < 4.78 is 0. The molecule has 2 aliphatic rings. The van der Waals surface area contributed by atoms with Gasteiger partial charge < -0.3 is 5.32 Å². The molecule has 2 aromatic rings. The molecule has 3 heteroatoms. The van der Waals surface area contributed by atoms with E-state index in [0.29, 0.717) is 5.92 Å². The average molecular weight is 387 g/mol. The Morgan fingerprint density at radius 3 is 2.34 bits per heavy atom. The van der Waals surface area contributed by atoms with Gasteiger partial charge in [-0.15, -0.1) is 0 Å². The SMILES string of the molecule is Cc1cccc(NC2=C3C[C@H](C(C)(C)C)CC=C3N(c3cccc(C)c3)C2=O)c1. The molecule has 0 fully saturated rings. The molecule has 0 unspecified atom stereocenters. The maximum absolute atomic E-state index is 13.6. The number of fused-ring (bicyclic) bond motifs is 1. The van der Waals surface area contributed by atoms with E-state index in [4.69, 9.17) is 0 Å². The zero-order chi connectivity index (χ0) is 20.8. The molecule has 0 spiro atoms. The van der Waals surface area contributed by atoms with Crippen LogP contribution in [0.2, 0.25) is 0 Å². The Balaban J connectivity index is 1.79. The lowest BCUT2D eigenvalue weighted by Crippen LogP contribution is -2.29. The first-order valence-electron chi connectivity index (χ1n) is 10.4. The van der Waals surface area contributed by atoms with E-state index in [0.717, 1.165) is 46.7 Å². The Hall–Kier alpha value is -2.81. The van der Waals surface area contributed by atoms with Gasteiger partial charge in [0, 0.05) is 16.9 Å². The molecule has 29 heavy (non-hydrogen) atoms. The summed E-state index contributed by atoms with van der Waals surface area (Å²) in [6.07, 6.45) is 4.17. The van der Waals surface area contributed by atoms with Crippen molar-refractivity contribution in [1.29, 1.82) is 0 Å². The number of carbonyl (C=O) groups is 1. The minimum absolute atomic E-state index is 0.0351. The van der Waals surface area contributed by atoms with E-state index in [1.54, 1.807) is 0 Å². The highest BCUT2D eigenvalue weighted by Crippen LogP contribution is 2.46. The van der Waals surface area contributed by atoms with Crippen LogP contribution in [0.3, 0.4) is 0 Å². The molecule has 150 valence electrons. The van der Waals surface area contributed by atoms with Crippen molar-refractivity contribution in [2.75, 3.05) is 10.2 Å². The van der Waals surface area contributed by atoms with Crippen molar-refractivity contribution in [2.24, 2.45) is 11.3 Å². The molecule has 1 N–H and O–H groups in total. The molecule has 0 saturated heterocycles. The number of benzene rings is 2. The van der Waals surface area contributed by atoms with Crippen molar-refractivity contribution >= 4 is 17.3 Å². The van der Waals surface area contributed by atoms with Gasteiger partial charge in [0.05, 0.1) is 5.70 Å². The maximum Gasteiger partial charge on any atom is 0.279 e. The quantitative estimate of drug-likeness (QED) is 0.666. The number of carbonyl (C=O) groups excluding carboxylic acids is 1. The fourth-order valence-electron chi connectivity index (χ4n) is 4.30. The summed E-state index contributed by atoms with van der Waals surface area (Å²) in [6.45, 7) is 11.0. The predicted molar refractivity (Wildman–Crippen MR) is 121 cm³/mol. The number of amides is 1. The van der Waals surface area contributed by atoms with E-state index >= 15 is 0 Å². The zero-order valence-electron chi connectivity index (χ0n) is 18.0. The Bertz CT molecular complexity index is 1020. The monoisotopic (exact) mass is 386 g/mol. The average Bonchev–Trinajstić information content (AvgIpc) is 2.92. The molecular weight excluding hydrogens is 356 g/mol. The van der Waals surface area contributed by atoms with Crippen LogP contribution in [-0.2, 0) is 4.79 Å². The van der Waals surface area contributed by atoms with Crippen LogP contribution in [0.4, 0.5) is 11.4 Å². The summed E-state index contributed by atoms with van der Waals surface area (Å²) in [5.41, 5.74) is 7.34. The molecular formula is C26H30N2O. The van der Waals surface area contributed by atoms with E-state index in [2.05, 4.69) is 70.3 Å². The molecule has 4 rings (SSSR count). The van der Waals surface area contributed by atoms with Crippen LogP contribution in [0.15, 0.2) is 71.6 Å². The van der Waals surface area contributed by atoms with Crippen LogP contribution in [0.5, 0.6) is 0 Å². The standard InChI is InChI=1S/C26H30N2O/c1-17-8-6-10-20(14-17)27-24-22-16-19(26(3,4)5)12-13-23(22)28(25(24)29)21-11-7-9-18(2)15-21/h6-11,13-15,19,27H,12,16H2,1-5H3/t19-/m1/s1. The Morgan fingerprint density at radius 1 is 1.00 bits per heavy atom. The lowest BCUT2D eigenvalue weighted by molar-refractivity contribution is -0.114. The van der Waals surface area contributed by atoms with Gasteiger partial charge in [-0.1, -0.05) is 51.1 Å². The van der Waals surface area contributed by atoms with Gasteiger partial charge >= 0.3 is 0 Å². The van der Waals surface area contributed by atoms with E-state index in [1.165, 1.54) is 5.56 Å². The fraction of sp³-hybridized carbons (Fsp3) is 0.346. The van der Waals surface area contributed by atoms with Crippen LogP contribution in [0, 0.1) is 25.2 Å². The predicted octanol–water partition coefficient (Wildman–Crippen LogP) is 6.36. The van der Waals surface area contributed by atoms with Gasteiger partial charge in [0.15, 0.2) is 0 Å². The zero-order valence-corrected chi connectivity index (χ0v) is 18.0. The van der Waals surface area contributed by atoms with Crippen molar-refractivity contribution in [2.45, 2.75) is 47.5 Å². The number of hydrogen-bond acceptors (Lipinski definition) is 2. The third-order valence-corrected chi connectivity index (χ3v) is 6.09. The molecule has 0 bridgehead atoms. The van der Waals surface area contributed by atoms with Gasteiger partial charge in [0.2, 0.25) is 0 Å². The molecule has 1 aliphatic carbocycles. The largest absolute Gasteiger partial charge is 0.351 e. The van der Waals surface area contributed by atoms with Gasteiger partial charge in [-0.25, -0.2) is 0 Å². The summed E-state index contributed by atoms with van der Waals surface area (Å²) in [4.78, 5) is 15.5. The molecule has 0 saturated carbocycles. The van der Waals surface area contributed by atoms with Crippen LogP contribution in [0.1, 0.15) is 44.7 Å². The summed E-state index contributed by atoms with van der Waals surface area (Å²) in [7, 11) is 0. The lowest BCUT2D eigenvalue weighted by Gasteiger charge is -2.34. The summed E-state index contributed by atoms with van der Waals surface area (Å²) in [6, 6.07) is 16.4. The third-order valence-electron chi connectivity index (χ3n) is 6.09. The van der Waals surface area contributed by atoms with Gasteiger partial charge in [-0.05, 0) is 73.4 Å². The molecule has 3 nitrogen and oxygen atoms in total.